The Morgan fingerprint density at radius 2 is 1.86 bits per heavy atom. The van der Waals surface area contributed by atoms with E-state index < -0.39 is 0 Å². The summed E-state index contributed by atoms with van der Waals surface area (Å²) in [6.45, 7) is 0. The first-order chi connectivity index (χ1) is 13.8. The zero-order valence-corrected chi connectivity index (χ0v) is 15.3. The van der Waals surface area contributed by atoms with E-state index >= 15 is 0 Å². The molecule has 1 amide bonds. The van der Waals surface area contributed by atoms with Crippen LogP contribution < -0.4 is 0 Å². The molecular formula is C23H20N2O3. The maximum absolute atomic E-state index is 13.3. The van der Waals surface area contributed by atoms with Crippen molar-refractivity contribution in [2.24, 2.45) is 11.0 Å². The van der Waals surface area contributed by atoms with Crippen molar-refractivity contribution in [2.45, 2.75) is 25.3 Å². The molecule has 0 radical (unpaired) electrons. The number of benzene rings is 1. The molecule has 1 aliphatic carbocycles. The molecule has 0 saturated heterocycles. The largest absolute Gasteiger partial charge is 0.467 e. The van der Waals surface area contributed by atoms with Crippen molar-refractivity contribution >= 4 is 17.7 Å². The summed E-state index contributed by atoms with van der Waals surface area (Å²) in [5.41, 5.74) is 2.72. The van der Waals surface area contributed by atoms with Gasteiger partial charge in [-0.05, 0) is 67.3 Å². The Bertz CT molecular complexity index is 1020. The van der Waals surface area contributed by atoms with Gasteiger partial charge in [-0.25, -0.2) is 5.01 Å². The van der Waals surface area contributed by atoms with E-state index in [-0.39, 0.29) is 17.9 Å². The van der Waals surface area contributed by atoms with Gasteiger partial charge in [0.15, 0.2) is 0 Å². The average molecular weight is 372 g/mol. The Hall–Kier alpha value is -3.34. The summed E-state index contributed by atoms with van der Waals surface area (Å²) in [5.74, 6) is 1.59. The summed E-state index contributed by atoms with van der Waals surface area (Å²) in [4.78, 5) is 13.3. The molecule has 1 saturated carbocycles. The number of fused-ring (bicyclic) bond motifs is 1. The molecule has 5 nitrogen and oxygen atoms in total. The molecule has 5 rings (SSSR count). The van der Waals surface area contributed by atoms with Crippen LogP contribution in [-0.2, 0) is 0 Å². The van der Waals surface area contributed by atoms with Crippen LogP contribution in [0.3, 0.4) is 0 Å². The summed E-state index contributed by atoms with van der Waals surface area (Å²) < 4.78 is 11.2. The molecule has 0 bridgehead atoms. The fraction of sp³-hybridized carbons (Fsp3) is 0.217. The van der Waals surface area contributed by atoms with E-state index in [1.54, 1.807) is 17.5 Å². The Morgan fingerprint density at radius 1 is 1.04 bits per heavy atom. The fourth-order valence-corrected chi connectivity index (χ4v) is 4.16. The normalized spacial score (nSPS) is 22.9. The van der Waals surface area contributed by atoms with Crippen molar-refractivity contribution in [2.75, 3.05) is 0 Å². The topological polar surface area (TPSA) is 59.0 Å². The molecule has 1 aliphatic heterocycles. The first kappa shape index (κ1) is 16.8. The average Bonchev–Trinajstić information content (AvgIpc) is 3.48. The quantitative estimate of drug-likeness (QED) is 0.626. The fourth-order valence-electron chi connectivity index (χ4n) is 4.16. The zero-order valence-electron chi connectivity index (χ0n) is 15.3. The predicted molar refractivity (Wildman–Crippen MR) is 106 cm³/mol. The molecule has 2 aliphatic rings. The standard InChI is InChI=1S/C23H20N2O3/c26-23(16-7-2-1-3-8-16)25-22(20-12-6-14-28-20)19-11-4-9-17(21(19)24-25)15-18-10-5-13-27-18/h1-3,5-8,10,12-15,19,22H,4,9,11H2/b17-15+. The van der Waals surface area contributed by atoms with Crippen molar-refractivity contribution in [3.05, 3.63) is 89.8 Å². The van der Waals surface area contributed by atoms with Crippen LogP contribution in [0.5, 0.6) is 0 Å². The summed E-state index contributed by atoms with van der Waals surface area (Å²) in [6, 6.07) is 16.7. The lowest BCUT2D eigenvalue weighted by molar-refractivity contribution is 0.0656. The van der Waals surface area contributed by atoms with E-state index in [0.717, 1.165) is 42.1 Å². The number of hydrogen-bond acceptors (Lipinski definition) is 4. The van der Waals surface area contributed by atoms with Crippen LogP contribution in [0.15, 0.2) is 86.6 Å². The van der Waals surface area contributed by atoms with Gasteiger partial charge in [-0.3, -0.25) is 4.79 Å². The molecular weight excluding hydrogens is 352 g/mol. The minimum Gasteiger partial charge on any atom is -0.467 e. The van der Waals surface area contributed by atoms with Crippen LogP contribution in [0.25, 0.3) is 6.08 Å². The minimum absolute atomic E-state index is 0.110. The lowest BCUT2D eigenvalue weighted by Crippen LogP contribution is -2.31. The van der Waals surface area contributed by atoms with Gasteiger partial charge in [0.1, 0.15) is 17.6 Å². The number of carbonyl (C=O) groups is 1. The highest BCUT2D eigenvalue weighted by atomic mass is 16.3. The highest BCUT2D eigenvalue weighted by Crippen LogP contribution is 2.45. The number of allylic oxidation sites excluding steroid dienone is 1. The number of hydrazone groups is 1. The van der Waals surface area contributed by atoms with Gasteiger partial charge in [0.05, 0.1) is 18.2 Å². The Balaban J connectivity index is 1.57. The van der Waals surface area contributed by atoms with Crippen LogP contribution in [0.2, 0.25) is 0 Å². The third-order valence-corrected chi connectivity index (χ3v) is 5.42. The van der Waals surface area contributed by atoms with E-state index in [1.165, 1.54) is 0 Å². The second-order valence-corrected chi connectivity index (χ2v) is 7.14. The number of carbonyl (C=O) groups excluding carboxylic acids is 1. The number of hydrogen-bond donors (Lipinski definition) is 0. The first-order valence-corrected chi connectivity index (χ1v) is 9.56. The van der Waals surface area contributed by atoms with Crippen LogP contribution in [-0.4, -0.2) is 16.6 Å². The molecule has 140 valence electrons. The van der Waals surface area contributed by atoms with E-state index in [2.05, 4.69) is 0 Å². The highest BCUT2D eigenvalue weighted by Gasteiger charge is 2.45. The van der Waals surface area contributed by atoms with Crippen molar-refractivity contribution in [1.29, 1.82) is 0 Å². The van der Waals surface area contributed by atoms with Gasteiger partial charge in [0.2, 0.25) is 0 Å². The molecule has 3 heterocycles. The highest BCUT2D eigenvalue weighted by molar-refractivity contribution is 6.09. The van der Waals surface area contributed by atoms with Gasteiger partial charge in [-0.1, -0.05) is 18.2 Å². The molecule has 2 aromatic heterocycles. The van der Waals surface area contributed by atoms with E-state index in [0.29, 0.717) is 5.56 Å². The van der Waals surface area contributed by atoms with Crippen LogP contribution in [0.1, 0.15) is 47.2 Å². The van der Waals surface area contributed by atoms with Crippen LogP contribution in [0.4, 0.5) is 0 Å². The van der Waals surface area contributed by atoms with Crippen molar-refractivity contribution in [3.63, 3.8) is 0 Å². The van der Waals surface area contributed by atoms with Gasteiger partial charge < -0.3 is 8.83 Å². The third-order valence-electron chi connectivity index (χ3n) is 5.42. The predicted octanol–water partition coefficient (Wildman–Crippen LogP) is 5.31. The molecule has 2 atom stereocenters. The van der Waals surface area contributed by atoms with Gasteiger partial charge in [0.25, 0.3) is 5.91 Å². The molecule has 1 fully saturated rings. The van der Waals surface area contributed by atoms with Gasteiger partial charge in [-0.15, -0.1) is 0 Å². The number of nitrogens with zero attached hydrogens (tertiary/aromatic N) is 2. The summed E-state index contributed by atoms with van der Waals surface area (Å²) in [7, 11) is 0. The maximum Gasteiger partial charge on any atom is 0.274 e. The summed E-state index contributed by atoms with van der Waals surface area (Å²) >= 11 is 0. The number of rotatable bonds is 3. The second-order valence-electron chi connectivity index (χ2n) is 7.14. The molecule has 0 N–H and O–H groups in total. The van der Waals surface area contributed by atoms with E-state index in [9.17, 15) is 4.79 Å². The molecule has 1 aromatic carbocycles. The summed E-state index contributed by atoms with van der Waals surface area (Å²) in [6.07, 6.45) is 8.30. The first-order valence-electron chi connectivity index (χ1n) is 9.56. The molecule has 0 spiro atoms. The van der Waals surface area contributed by atoms with Crippen molar-refractivity contribution in [3.8, 4) is 0 Å². The molecule has 5 heteroatoms. The van der Waals surface area contributed by atoms with Crippen LogP contribution in [0, 0.1) is 5.92 Å². The number of amides is 1. The number of furan rings is 2. The molecule has 28 heavy (non-hydrogen) atoms. The Morgan fingerprint density at radius 3 is 2.61 bits per heavy atom. The van der Waals surface area contributed by atoms with Crippen molar-refractivity contribution in [1.82, 2.24) is 5.01 Å². The smallest absolute Gasteiger partial charge is 0.274 e. The SMILES string of the molecule is O=C(c1ccccc1)N1N=C2/C(=C/c3ccco3)CCCC2C1c1ccco1. The van der Waals surface area contributed by atoms with Crippen LogP contribution >= 0.6 is 0 Å². The Kier molecular flexibility index (Phi) is 4.20. The van der Waals surface area contributed by atoms with E-state index in [4.69, 9.17) is 13.9 Å². The van der Waals surface area contributed by atoms with E-state index in [1.807, 2.05) is 60.7 Å². The van der Waals surface area contributed by atoms with Gasteiger partial charge >= 0.3 is 0 Å². The molecule has 2 unspecified atom stereocenters. The Labute approximate surface area is 163 Å². The monoisotopic (exact) mass is 372 g/mol. The summed E-state index contributed by atoms with van der Waals surface area (Å²) in [5, 5.41) is 6.42. The third kappa shape index (κ3) is 2.89. The zero-order chi connectivity index (χ0) is 18.9. The molecule has 3 aromatic rings. The van der Waals surface area contributed by atoms with Gasteiger partial charge in [0, 0.05) is 11.5 Å². The van der Waals surface area contributed by atoms with Crippen molar-refractivity contribution < 1.29 is 13.6 Å². The van der Waals surface area contributed by atoms with Gasteiger partial charge in [-0.2, -0.15) is 5.10 Å². The second kappa shape index (κ2) is 7.00. The minimum atomic E-state index is -0.224. The lowest BCUT2D eigenvalue weighted by Gasteiger charge is -2.27. The maximum atomic E-state index is 13.3. The lowest BCUT2D eigenvalue weighted by atomic mass is 9.79.